The quantitative estimate of drug-likeness (QED) is 0.385. The number of carbonyl (C=O) groups is 1. The van der Waals surface area contributed by atoms with E-state index in [1.54, 1.807) is 24.3 Å². The molecule has 0 bridgehead atoms. The molecule has 4 rings (SSSR count). The van der Waals surface area contributed by atoms with Gasteiger partial charge in [0.1, 0.15) is 59.8 Å². The maximum Gasteiger partial charge on any atom is 0.181 e. The Morgan fingerprint density at radius 1 is 1.00 bits per heavy atom. The Labute approximate surface area is 159 Å². The van der Waals surface area contributed by atoms with Crippen molar-refractivity contribution >= 4 is 5.78 Å². The molecular formula is C19H20O9. The van der Waals surface area contributed by atoms with Crippen molar-refractivity contribution in [1.29, 1.82) is 0 Å². The Kier molecular flexibility index (Phi) is 4.64. The molecule has 0 spiro atoms. The van der Waals surface area contributed by atoms with Crippen LogP contribution in [0.5, 0.6) is 5.75 Å². The predicted octanol–water partition coefficient (Wildman–Crippen LogP) is -0.644. The maximum absolute atomic E-state index is 12.9. The van der Waals surface area contributed by atoms with E-state index in [-0.39, 0.29) is 11.1 Å². The van der Waals surface area contributed by atoms with Gasteiger partial charge in [0, 0.05) is 0 Å². The minimum atomic E-state index is -1.71. The summed E-state index contributed by atoms with van der Waals surface area (Å²) in [5, 5.41) is 60.8. The molecule has 0 unspecified atom stereocenters. The molecule has 2 heterocycles. The summed E-state index contributed by atoms with van der Waals surface area (Å²) in [5.74, 6) is -2.34. The average Bonchev–Trinajstić information content (AvgIpc) is 2.67. The van der Waals surface area contributed by atoms with E-state index in [2.05, 4.69) is 0 Å². The highest BCUT2D eigenvalue weighted by atomic mass is 16.5. The highest BCUT2D eigenvalue weighted by molar-refractivity contribution is 6.03. The molecular weight excluding hydrogens is 372 g/mol. The van der Waals surface area contributed by atoms with Crippen molar-refractivity contribution in [3.8, 4) is 5.75 Å². The Balaban J connectivity index is 1.75. The fraction of sp³-hybridized carbons (Fsp3) is 0.421. The van der Waals surface area contributed by atoms with E-state index in [0.717, 1.165) is 0 Å². The van der Waals surface area contributed by atoms with Gasteiger partial charge in [0.05, 0.1) is 17.7 Å². The molecule has 3 aliphatic rings. The lowest BCUT2D eigenvalue weighted by atomic mass is 9.79. The standard InChI is InChI=1S/C19H20O9/c20-6-11-15(23)17(25)18(26)19(28-11)12-8(21)5-10-13(16(12)24)14(22)7-3-1-2-4-9(7)27-10/h1-5,10-11,13,15,17-21,23-26H,6H2/t10-,11-,13-,15-,17-,18-,19+/m1/s1. The van der Waals surface area contributed by atoms with Crippen LogP contribution < -0.4 is 4.74 Å². The monoisotopic (exact) mass is 392 g/mol. The predicted molar refractivity (Wildman–Crippen MR) is 92.8 cm³/mol. The lowest BCUT2D eigenvalue weighted by Gasteiger charge is -2.42. The van der Waals surface area contributed by atoms with E-state index >= 15 is 0 Å². The first-order valence-corrected chi connectivity index (χ1v) is 8.79. The van der Waals surface area contributed by atoms with E-state index in [9.17, 15) is 35.4 Å². The molecule has 9 heteroatoms. The zero-order valence-electron chi connectivity index (χ0n) is 14.5. The molecule has 0 saturated carbocycles. The zero-order valence-corrected chi connectivity index (χ0v) is 14.5. The van der Waals surface area contributed by atoms with Gasteiger partial charge < -0.3 is 40.1 Å². The number of fused-ring (bicyclic) bond motifs is 2. The zero-order chi connectivity index (χ0) is 20.2. The molecule has 0 aromatic heterocycles. The molecule has 2 aliphatic heterocycles. The summed E-state index contributed by atoms with van der Waals surface area (Å²) >= 11 is 0. The number of carbonyl (C=O) groups excluding carboxylic acids is 1. The number of benzene rings is 1. The second-order valence-electron chi connectivity index (χ2n) is 7.02. The fourth-order valence-corrected chi connectivity index (χ4v) is 3.89. The summed E-state index contributed by atoms with van der Waals surface area (Å²) in [4.78, 5) is 12.9. The van der Waals surface area contributed by atoms with Gasteiger partial charge in [0.25, 0.3) is 0 Å². The second-order valence-corrected chi connectivity index (χ2v) is 7.02. The maximum atomic E-state index is 12.9. The highest BCUT2D eigenvalue weighted by Crippen LogP contribution is 2.41. The Morgan fingerprint density at radius 3 is 2.43 bits per heavy atom. The van der Waals surface area contributed by atoms with Crippen LogP contribution in [0.4, 0.5) is 0 Å². The Bertz CT molecular complexity index is 859. The molecule has 1 aromatic carbocycles. The number of aliphatic hydroxyl groups is 6. The van der Waals surface area contributed by atoms with Crippen molar-refractivity contribution in [3.63, 3.8) is 0 Å². The number of rotatable bonds is 2. The number of Topliss-reactive ketones (excluding diaryl/α,β-unsaturated/α-hetero) is 1. The van der Waals surface area contributed by atoms with Gasteiger partial charge in [-0.2, -0.15) is 0 Å². The molecule has 0 amide bonds. The topological polar surface area (TPSA) is 157 Å². The lowest BCUT2D eigenvalue weighted by molar-refractivity contribution is -0.220. The van der Waals surface area contributed by atoms with E-state index < -0.39 is 66.5 Å². The van der Waals surface area contributed by atoms with Crippen molar-refractivity contribution in [2.45, 2.75) is 36.6 Å². The first-order valence-electron chi connectivity index (χ1n) is 8.79. The largest absolute Gasteiger partial charge is 0.511 e. The van der Waals surface area contributed by atoms with Crippen molar-refractivity contribution in [2.75, 3.05) is 6.61 Å². The smallest absolute Gasteiger partial charge is 0.181 e. The van der Waals surface area contributed by atoms with Gasteiger partial charge in [0.2, 0.25) is 0 Å². The highest BCUT2D eigenvalue weighted by Gasteiger charge is 2.50. The Hall–Kier alpha value is -2.43. The number of hydrogen-bond donors (Lipinski definition) is 6. The van der Waals surface area contributed by atoms with Crippen LogP contribution in [0.2, 0.25) is 0 Å². The molecule has 0 radical (unpaired) electrons. The third kappa shape index (κ3) is 2.71. The van der Waals surface area contributed by atoms with Crippen molar-refractivity contribution in [2.24, 2.45) is 5.92 Å². The molecule has 1 aromatic rings. The SMILES string of the molecule is O=C1c2ccccc2O[C@@H]2C=C(O)C([C@@H]3O[C@H](CO)[C@@H](O)[C@@H](O)[C@H]3O)=C(O)[C@@H]12. The number of ketones is 1. The van der Waals surface area contributed by atoms with Gasteiger partial charge in [-0.3, -0.25) is 4.79 Å². The number of hydrogen-bond acceptors (Lipinski definition) is 9. The summed E-state index contributed by atoms with van der Waals surface area (Å²) in [6, 6.07) is 6.48. The van der Waals surface area contributed by atoms with Crippen molar-refractivity contribution < 1.29 is 44.9 Å². The van der Waals surface area contributed by atoms with Crippen LogP contribution in [-0.4, -0.2) is 79.7 Å². The van der Waals surface area contributed by atoms with Crippen molar-refractivity contribution in [1.82, 2.24) is 0 Å². The van der Waals surface area contributed by atoms with Crippen LogP contribution in [0.15, 0.2) is 47.4 Å². The summed E-state index contributed by atoms with van der Waals surface area (Å²) in [6.07, 6.45) is -7.45. The first kappa shape index (κ1) is 18.9. The van der Waals surface area contributed by atoms with Gasteiger partial charge in [-0.25, -0.2) is 0 Å². The molecule has 7 atom stereocenters. The van der Waals surface area contributed by atoms with Crippen LogP contribution in [0.25, 0.3) is 0 Å². The molecule has 6 N–H and O–H groups in total. The average molecular weight is 392 g/mol. The molecule has 9 nitrogen and oxygen atoms in total. The summed E-state index contributed by atoms with van der Waals surface area (Å²) in [5.41, 5.74) is -0.0345. The third-order valence-corrected chi connectivity index (χ3v) is 5.37. The van der Waals surface area contributed by atoms with Crippen molar-refractivity contribution in [3.05, 3.63) is 53.0 Å². The third-order valence-electron chi connectivity index (χ3n) is 5.37. The van der Waals surface area contributed by atoms with Gasteiger partial charge >= 0.3 is 0 Å². The van der Waals surface area contributed by atoms with E-state index in [1.165, 1.54) is 6.08 Å². The van der Waals surface area contributed by atoms with Crippen LogP contribution in [-0.2, 0) is 4.74 Å². The minimum absolute atomic E-state index is 0.262. The number of para-hydroxylation sites is 1. The van der Waals surface area contributed by atoms with Gasteiger partial charge in [0.15, 0.2) is 5.78 Å². The van der Waals surface area contributed by atoms with Gasteiger partial charge in [-0.05, 0) is 18.2 Å². The van der Waals surface area contributed by atoms with E-state index in [0.29, 0.717) is 5.75 Å². The van der Waals surface area contributed by atoms with Gasteiger partial charge in [-0.15, -0.1) is 0 Å². The van der Waals surface area contributed by atoms with Gasteiger partial charge in [-0.1, -0.05) is 12.1 Å². The molecule has 1 aliphatic carbocycles. The first-order chi connectivity index (χ1) is 13.3. The van der Waals surface area contributed by atoms with Crippen LogP contribution >= 0.6 is 0 Å². The summed E-state index contributed by atoms with van der Waals surface area (Å²) in [6.45, 7) is -0.665. The summed E-state index contributed by atoms with van der Waals surface area (Å²) < 4.78 is 11.1. The normalized spacial score (nSPS) is 37.6. The van der Waals surface area contributed by atoms with E-state index in [1.807, 2.05) is 0 Å². The van der Waals surface area contributed by atoms with Crippen LogP contribution in [0, 0.1) is 5.92 Å². The molecule has 150 valence electrons. The lowest BCUT2D eigenvalue weighted by Crippen LogP contribution is -2.59. The molecule has 28 heavy (non-hydrogen) atoms. The number of aliphatic hydroxyl groups excluding tert-OH is 6. The van der Waals surface area contributed by atoms with E-state index in [4.69, 9.17) is 9.47 Å². The summed E-state index contributed by atoms with van der Waals surface area (Å²) in [7, 11) is 0. The fourth-order valence-electron chi connectivity index (χ4n) is 3.89. The second kappa shape index (κ2) is 6.87. The number of ether oxygens (including phenoxy) is 2. The minimum Gasteiger partial charge on any atom is -0.511 e. The van der Waals surface area contributed by atoms with Crippen LogP contribution in [0.3, 0.4) is 0 Å². The van der Waals surface area contributed by atoms with Crippen LogP contribution in [0.1, 0.15) is 10.4 Å². The Morgan fingerprint density at radius 2 is 1.71 bits per heavy atom. The molecule has 1 fully saturated rings. The molecule has 1 saturated heterocycles.